The molecule has 0 amide bonds. The summed E-state index contributed by atoms with van der Waals surface area (Å²) >= 11 is 5.95. The third-order valence-corrected chi connectivity index (χ3v) is 7.06. The maximum atomic E-state index is 13.1. The van der Waals surface area contributed by atoms with E-state index in [0.29, 0.717) is 37.4 Å². The van der Waals surface area contributed by atoms with Crippen LogP contribution in [-0.2, 0) is 10.2 Å². The van der Waals surface area contributed by atoms with Gasteiger partial charge in [0, 0.05) is 31.6 Å². The molecule has 1 aliphatic carbocycles. The topological polar surface area (TPSA) is 40.6 Å². The average molecular weight is 337 g/mol. The zero-order valence-electron chi connectivity index (χ0n) is 13.3. The number of piperidine rings is 1. The molecule has 0 spiro atoms. The van der Waals surface area contributed by atoms with Crippen molar-refractivity contribution >= 4 is 21.8 Å². The van der Waals surface area contributed by atoms with E-state index in [4.69, 9.17) is 11.6 Å². The molecular formula is C15H29ClN2O2S. The van der Waals surface area contributed by atoms with Gasteiger partial charge in [-0.05, 0) is 37.5 Å². The molecule has 2 rings (SSSR count). The minimum absolute atomic E-state index is 0.203. The van der Waals surface area contributed by atoms with Crippen LogP contribution in [0.15, 0.2) is 0 Å². The summed E-state index contributed by atoms with van der Waals surface area (Å²) in [5, 5.41) is 0. The molecule has 0 aromatic heterocycles. The third-order valence-electron chi connectivity index (χ3n) is 4.60. The van der Waals surface area contributed by atoms with Crippen molar-refractivity contribution in [2.75, 3.05) is 25.5 Å². The van der Waals surface area contributed by atoms with E-state index in [2.05, 4.69) is 13.8 Å². The Bertz CT molecular complexity index is 421. The van der Waals surface area contributed by atoms with E-state index in [1.165, 1.54) is 0 Å². The summed E-state index contributed by atoms with van der Waals surface area (Å²) in [7, 11) is -3.34. The summed E-state index contributed by atoms with van der Waals surface area (Å²) in [5.74, 6) is 1.22. The molecule has 0 radical (unpaired) electrons. The summed E-state index contributed by atoms with van der Waals surface area (Å²) < 4.78 is 29.6. The van der Waals surface area contributed by atoms with Crippen molar-refractivity contribution in [1.29, 1.82) is 0 Å². The number of hydrogen-bond acceptors (Lipinski definition) is 2. The number of nitrogens with zero attached hydrogens (tertiary/aromatic N) is 2. The molecule has 21 heavy (non-hydrogen) atoms. The highest BCUT2D eigenvalue weighted by Crippen LogP contribution is 2.30. The van der Waals surface area contributed by atoms with Gasteiger partial charge in [-0.25, -0.2) is 0 Å². The van der Waals surface area contributed by atoms with Crippen LogP contribution in [0.5, 0.6) is 0 Å². The van der Waals surface area contributed by atoms with Crippen molar-refractivity contribution in [3.05, 3.63) is 0 Å². The molecule has 2 aliphatic rings. The van der Waals surface area contributed by atoms with Crippen LogP contribution in [0.3, 0.4) is 0 Å². The molecule has 1 unspecified atom stereocenters. The Morgan fingerprint density at radius 1 is 1.19 bits per heavy atom. The Morgan fingerprint density at radius 2 is 1.86 bits per heavy atom. The van der Waals surface area contributed by atoms with Crippen molar-refractivity contribution < 1.29 is 8.42 Å². The molecule has 0 bridgehead atoms. The lowest BCUT2D eigenvalue weighted by Gasteiger charge is -2.38. The molecule has 0 N–H and O–H groups in total. The Hall–Kier alpha value is 0.160. The van der Waals surface area contributed by atoms with Gasteiger partial charge in [0.2, 0.25) is 0 Å². The summed E-state index contributed by atoms with van der Waals surface area (Å²) in [6, 6.07) is 0.203. The molecule has 0 aromatic rings. The summed E-state index contributed by atoms with van der Waals surface area (Å²) in [4.78, 5) is 0. The molecule has 2 fully saturated rings. The van der Waals surface area contributed by atoms with Gasteiger partial charge in [0.25, 0.3) is 10.2 Å². The first kappa shape index (κ1) is 17.5. The molecule has 0 aromatic carbocycles. The van der Waals surface area contributed by atoms with Crippen LogP contribution in [-0.4, -0.2) is 48.6 Å². The summed E-state index contributed by atoms with van der Waals surface area (Å²) in [6.45, 7) is 6.06. The fraction of sp³-hybridized carbons (Fsp3) is 1.00. The second-order valence-corrected chi connectivity index (χ2v) is 9.12. The van der Waals surface area contributed by atoms with Crippen LogP contribution >= 0.6 is 11.6 Å². The molecule has 1 saturated heterocycles. The average Bonchev–Trinajstić information content (AvgIpc) is 2.98. The van der Waals surface area contributed by atoms with Crippen LogP contribution in [0.2, 0.25) is 0 Å². The van der Waals surface area contributed by atoms with Crippen LogP contribution in [0.4, 0.5) is 0 Å². The van der Waals surface area contributed by atoms with Crippen molar-refractivity contribution in [1.82, 2.24) is 8.61 Å². The first-order valence-electron chi connectivity index (χ1n) is 8.28. The molecular weight excluding hydrogens is 308 g/mol. The first-order valence-corrected chi connectivity index (χ1v) is 10.2. The zero-order chi connectivity index (χ0) is 15.5. The second kappa shape index (κ2) is 7.62. The minimum atomic E-state index is -3.34. The molecule has 4 nitrogen and oxygen atoms in total. The van der Waals surface area contributed by atoms with Gasteiger partial charge >= 0.3 is 0 Å². The monoisotopic (exact) mass is 336 g/mol. The van der Waals surface area contributed by atoms with Gasteiger partial charge in [0.05, 0.1) is 0 Å². The SMILES string of the molecule is CC(C)CN(C1CCCC1)S(=O)(=O)N1CCCC(CCl)C1. The summed E-state index contributed by atoms with van der Waals surface area (Å²) in [6.07, 6.45) is 6.30. The van der Waals surface area contributed by atoms with Gasteiger partial charge in [0.15, 0.2) is 0 Å². The largest absolute Gasteiger partial charge is 0.282 e. The molecule has 6 heteroatoms. The lowest BCUT2D eigenvalue weighted by atomic mass is 10.0. The van der Waals surface area contributed by atoms with E-state index in [9.17, 15) is 8.42 Å². The second-order valence-electron chi connectivity index (χ2n) is 6.93. The standard InChI is InChI=1S/C15H29ClN2O2S/c1-13(2)11-18(15-7-3-4-8-15)21(19,20)17-9-5-6-14(10-16)12-17/h13-15H,3-12H2,1-2H3. The molecule has 1 heterocycles. The van der Waals surface area contributed by atoms with Gasteiger partial charge in [-0.15, -0.1) is 11.6 Å². The van der Waals surface area contributed by atoms with Crippen LogP contribution in [0.25, 0.3) is 0 Å². The highest BCUT2D eigenvalue weighted by molar-refractivity contribution is 7.86. The number of hydrogen-bond donors (Lipinski definition) is 0. The predicted octanol–water partition coefficient (Wildman–Crippen LogP) is 3.08. The fourth-order valence-corrected chi connectivity index (χ4v) is 5.88. The van der Waals surface area contributed by atoms with Crippen molar-refractivity contribution in [2.24, 2.45) is 11.8 Å². The highest BCUT2D eigenvalue weighted by Gasteiger charge is 2.38. The van der Waals surface area contributed by atoms with E-state index in [-0.39, 0.29) is 6.04 Å². The van der Waals surface area contributed by atoms with Crippen LogP contribution in [0, 0.1) is 11.8 Å². The van der Waals surface area contributed by atoms with Gasteiger partial charge in [0.1, 0.15) is 0 Å². The quantitative estimate of drug-likeness (QED) is 0.699. The number of alkyl halides is 1. The third kappa shape index (κ3) is 4.34. The summed E-state index contributed by atoms with van der Waals surface area (Å²) in [5.41, 5.74) is 0. The first-order chi connectivity index (χ1) is 9.95. The Morgan fingerprint density at radius 3 is 2.43 bits per heavy atom. The lowest BCUT2D eigenvalue weighted by molar-refractivity contribution is 0.230. The fourth-order valence-electron chi connectivity index (χ4n) is 3.49. The Kier molecular flexibility index (Phi) is 6.36. The Labute approximate surface area is 135 Å². The smallest absolute Gasteiger partial charge is 0.195 e. The van der Waals surface area contributed by atoms with Crippen LogP contribution < -0.4 is 0 Å². The van der Waals surface area contributed by atoms with E-state index >= 15 is 0 Å². The van der Waals surface area contributed by atoms with Gasteiger partial charge in [-0.2, -0.15) is 17.0 Å². The molecule has 1 atom stereocenters. The van der Waals surface area contributed by atoms with Crippen molar-refractivity contribution in [2.45, 2.75) is 58.4 Å². The van der Waals surface area contributed by atoms with Crippen LogP contribution in [0.1, 0.15) is 52.4 Å². The lowest BCUT2D eigenvalue weighted by Crippen LogP contribution is -2.52. The molecule has 1 aliphatic heterocycles. The van der Waals surface area contributed by atoms with Crippen molar-refractivity contribution in [3.8, 4) is 0 Å². The van der Waals surface area contributed by atoms with E-state index in [1.54, 1.807) is 8.61 Å². The molecule has 1 saturated carbocycles. The van der Waals surface area contributed by atoms with Gasteiger partial charge < -0.3 is 0 Å². The number of rotatable bonds is 6. The predicted molar refractivity (Wildman–Crippen MR) is 87.7 cm³/mol. The van der Waals surface area contributed by atoms with E-state index in [0.717, 1.165) is 38.5 Å². The Balaban J connectivity index is 2.15. The highest BCUT2D eigenvalue weighted by atomic mass is 35.5. The molecule has 124 valence electrons. The maximum absolute atomic E-state index is 13.1. The van der Waals surface area contributed by atoms with Crippen molar-refractivity contribution in [3.63, 3.8) is 0 Å². The van der Waals surface area contributed by atoms with E-state index in [1.807, 2.05) is 0 Å². The van der Waals surface area contributed by atoms with E-state index < -0.39 is 10.2 Å². The van der Waals surface area contributed by atoms with Gasteiger partial charge in [-0.3, -0.25) is 0 Å². The van der Waals surface area contributed by atoms with Gasteiger partial charge in [-0.1, -0.05) is 26.7 Å². The maximum Gasteiger partial charge on any atom is 0.282 e. The zero-order valence-corrected chi connectivity index (χ0v) is 14.9. The normalized spacial score (nSPS) is 26.0. The minimum Gasteiger partial charge on any atom is -0.195 e. The number of halogens is 1.